The molecule has 24 heavy (non-hydrogen) atoms. The first-order chi connectivity index (χ1) is 11.4. The van der Waals surface area contributed by atoms with Gasteiger partial charge in [-0.2, -0.15) is 0 Å². The molecule has 0 fully saturated rings. The predicted octanol–water partition coefficient (Wildman–Crippen LogP) is 2.97. The van der Waals surface area contributed by atoms with Gasteiger partial charge in [-0.05, 0) is 25.0 Å². The lowest BCUT2D eigenvalue weighted by atomic mass is 10.1. The van der Waals surface area contributed by atoms with Gasteiger partial charge in [-0.15, -0.1) is 0 Å². The van der Waals surface area contributed by atoms with Gasteiger partial charge in [0.05, 0.1) is 6.54 Å². The second-order valence-corrected chi connectivity index (χ2v) is 6.13. The first-order valence-electron chi connectivity index (χ1n) is 8.07. The number of hydrogen-bond acceptors (Lipinski definition) is 2. The summed E-state index contributed by atoms with van der Waals surface area (Å²) in [6.45, 7) is 6.49. The Morgan fingerprint density at radius 2 is 1.54 bits per heavy atom. The van der Waals surface area contributed by atoms with E-state index in [4.69, 9.17) is 0 Å². The molecule has 4 nitrogen and oxygen atoms in total. The number of nitrogens with one attached hydrogen (secondary N) is 1. The average molecular weight is 324 g/mol. The van der Waals surface area contributed by atoms with Crippen LogP contribution in [0.4, 0.5) is 0 Å². The topological polar surface area (TPSA) is 49.4 Å². The standard InChI is InChI=1S/C20H24N2O2/c1-15-6-4-8-18(10-15)12-21-20(24)14-22(17(3)23)13-19-9-5-7-16(2)11-19/h4-11H,12-14H2,1-3H3,(H,21,24). The summed E-state index contributed by atoms with van der Waals surface area (Å²) >= 11 is 0. The van der Waals surface area contributed by atoms with Crippen LogP contribution in [0.3, 0.4) is 0 Å². The molecule has 0 spiro atoms. The molecule has 2 amide bonds. The fourth-order valence-corrected chi connectivity index (χ4v) is 2.56. The highest BCUT2D eigenvalue weighted by atomic mass is 16.2. The summed E-state index contributed by atoms with van der Waals surface area (Å²) in [6, 6.07) is 16.0. The highest BCUT2D eigenvalue weighted by molar-refractivity contribution is 5.83. The Hall–Kier alpha value is -2.62. The van der Waals surface area contributed by atoms with Crippen molar-refractivity contribution in [2.75, 3.05) is 6.54 Å². The molecule has 0 aliphatic heterocycles. The predicted molar refractivity (Wildman–Crippen MR) is 95.3 cm³/mol. The number of carbonyl (C=O) groups excluding carboxylic acids is 2. The number of rotatable bonds is 6. The van der Waals surface area contributed by atoms with Crippen LogP contribution in [0, 0.1) is 13.8 Å². The normalized spacial score (nSPS) is 10.3. The monoisotopic (exact) mass is 324 g/mol. The molecule has 0 aliphatic rings. The number of amides is 2. The van der Waals surface area contributed by atoms with Crippen molar-refractivity contribution >= 4 is 11.8 Å². The van der Waals surface area contributed by atoms with Crippen LogP contribution >= 0.6 is 0 Å². The number of carbonyl (C=O) groups is 2. The van der Waals surface area contributed by atoms with Crippen molar-refractivity contribution in [1.29, 1.82) is 0 Å². The Morgan fingerprint density at radius 3 is 2.12 bits per heavy atom. The van der Waals surface area contributed by atoms with E-state index in [-0.39, 0.29) is 18.4 Å². The Kier molecular flexibility index (Phi) is 6.13. The van der Waals surface area contributed by atoms with Crippen LogP contribution < -0.4 is 5.32 Å². The SMILES string of the molecule is CC(=O)N(CC(=O)NCc1cccc(C)c1)Cc1cccc(C)c1. The summed E-state index contributed by atoms with van der Waals surface area (Å²) in [5.74, 6) is -0.262. The van der Waals surface area contributed by atoms with Crippen LogP contribution in [0.15, 0.2) is 48.5 Å². The van der Waals surface area contributed by atoms with Gasteiger partial charge in [0.1, 0.15) is 0 Å². The lowest BCUT2D eigenvalue weighted by Crippen LogP contribution is -2.39. The van der Waals surface area contributed by atoms with Crippen LogP contribution in [-0.2, 0) is 22.7 Å². The maximum atomic E-state index is 12.2. The summed E-state index contributed by atoms with van der Waals surface area (Å²) in [4.78, 5) is 25.6. The molecule has 0 saturated heterocycles. The Labute approximate surface area is 143 Å². The van der Waals surface area contributed by atoms with Gasteiger partial charge in [0.15, 0.2) is 0 Å². The third-order valence-electron chi connectivity index (χ3n) is 3.81. The molecule has 0 aromatic heterocycles. The van der Waals surface area contributed by atoms with Crippen molar-refractivity contribution in [3.8, 4) is 0 Å². The molecule has 0 saturated carbocycles. The van der Waals surface area contributed by atoms with E-state index < -0.39 is 0 Å². The van der Waals surface area contributed by atoms with E-state index in [2.05, 4.69) is 5.32 Å². The van der Waals surface area contributed by atoms with E-state index in [1.54, 1.807) is 4.90 Å². The maximum absolute atomic E-state index is 12.2. The zero-order chi connectivity index (χ0) is 17.5. The zero-order valence-electron chi connectivity index (χ0n) is 14.5. The zero-order valence-corrected chi connectivity index (χ0v) is 14.5. The second kappa shape index (κ2) is 8.29. The van der Waals surface area contributed by atoms with Crippen molar-refractivity contribution in [3.05, 3.63) is 70.8 Å². The summed E-state index contributed by atoms with van der Waals surface area (Å²) < 4.78 is 0. The van der Waals surface area contributed by atoms with E-state index in [0.29, 0.717) is 13.1 Å². The summed E-state index contributed by atoms with van der Waals surface area (Å²) in [7, 11) is 0. The van der Waals surface area contributed by atoms with Crippen molar-refractivity contribution < 1.29 is 9.59 Å². The molecule has 126 valence electrons. The highest BCUT2D eigenvalue weighted by Crippen LogP contribution is 2.08. The van der Waals surface area contributed by atoms with Crippen molar-refractivity contribution in [2.45, 2.75) is 33.9 Å². The Balaban J connectivity index is 1.92. The summed E-state index contributed by atoms with van der Waals surface area (Å²) in [5.41, 5.74) is 4.37. The summed E-state index contributed by atoms with van der Waals surface area (Å²) in [5, 5.41) is 2.88. The smallest absolute Gasteiger partial charge is 0.239 e. The molecule has 0 radical (unpaired) electrons. The fourth-order valence-electron chi connectivity index (χ4n) is 2.56. The highest BCUT2D eigenvalue weighted by Gasteiger charge is 2.14. The molecule has 0 atom stereocenters. The lowest BCUT2D eigenvalue weighted by molar-refractivity contribution is -0.135. The molecule has 0 heterocycles. The van der Waals surface area contributed by atoms with Crippen molar-refractivity contribution in [3.63, 3.8) is 0 Å². The minimum atomic E-state index is -0.153. The van der Waals surface area contributed by atoms with Gasteiger partial charge < -0.3 is 10.2 Å². The van der Waals surface area contributed by atoms with Gasteiger partial charge in [-0.3, -0.25) is 9.59 Å². The van der Waals surface area contributed by atoms with Gasteiger partial charge >= 0.3 is 0 Å². The van der Waals surface area contributed by atoms with Crippen LogP contribution in [0.1, 0.15) is 29.2 Å². The van der Waals surface area contributed by atoms with E-state index in [1.165, 1.54) is 6.92 Å². The third-order valence-corrected chi connectivity index (χ3v) is 3.81. The molecular weight excluding hydrogens is 300 g/mol. The molecule has 0 unspecified atom stereocenters. The van der Waals surface area contributed by atoms with Crippen molar-refractivity contribution in [2.24, 2.45) is 0 Å². The van der Waals surface area contributed by atoms with E-state index in [0.717, 1.165) is 22.3 Å². The Bertz CT molecular complexity index is 725. The minimum absolute atomic E-state index is 0.0646. The van der Waals surface area contributed by atoms with E-state index in [1.807, 2.05) is 62.4 Å². The van der Waals surface area contributed by atoms with Gasteiger partial charge in [0.2, 0.25) is 11.8 Å². The second-order valence-electron chi connectivity index (χ2n) is 6.13. The minimum Gasteiger partial charge on any atom is -0.350 e. The summed E-state index contributed by atoms with van der Waals surface area (Å²) in [6.07, 6.45) is 0. The number of hydrogen-bond donors (Lipinski definition) is 1. The van der Waals surface area contributed by atoms with Crippen molar-refractivity contribution in [1.82, 2.24) is 10.2 Å². The van der Waals surface area contributed by atoms with Gasteiger partial charge in [-0.25, -0.2) is 0 Å². The first kappa shape index (κ1) is 17.7. The van der Waals surface area contributed by atoms with Crippen LogP contribution in [0.2, 0.25) is 0 Å². The number of benzene rings is 2. The largest absolute Gasteiger partial charge is 0.350 e. The van der Waals surface area contributed by atoms with E-state index in [9.17, 15) is 9.59 Å². The molecule has 4 heteroatoms. The van der Waals surface area contributed by atoms with E-state index >= 15 is 0 Å². The first-order valence-corrected chi connectivity index (χ1v) is 8.07. The molecule has 1 N–H and O–H groups in total. The quantitative estimate of drug-likeness (QED) is 0.888. The van der Waals surface area contributed by atoms with Crippen LogP contribution in [0.25, 0.3) is 0 Å². The van der Waals surface area contributed by atoms with Gasteiger partial charge in [0.25, 0.3) is 0 Å². The lowest BCUT2D eigenvalue weighted by Gasteiger charge is -2.21. The van der Waals surface area contributed by atoms with Gasteiger partial charge in [0, 0.05) is 20.0 Å². The van der Waals surface area contributed by atoms with Crippen LogP contribution in [-0.4, -0.2) is 23.3 Å². The number of nitrogens with zero attached hydrogens (tertiary/aromatic N) is 1. The molecular formula is C20H24N2O2. The molecule has 2 aromatic rings. The molecule has 0 bridgehead atoms. The molecule has 0 aliphatic carbocycles. The average Bonchev–Trinajstić information content (AvgIpc) is 2.52. The molecule has 2 aromatic carbocycles. The van der Waals surface area contributed by atoms with Gasteiger partial charge in [-0.1, -0.05) is 59.7 Å². The number of aryl methyl sites for hydroxylation is 2. The fraction of sp³-hybridized carbons (Fsp3) is 0.300. The third kappa shape index (κ3) is 5.54. The van der Waals surface area contributed by atoms with Crippen LogP contribution in [0.5, 0.6) is 0 Å². The maximum Gasteiger partial charge on any atom is 0.239 e. The molecule has 2 rings (SSSR count). The Morgan fingerprint density at radius 1 is 0.958 bits per heavy atom.